The molecule has 0 radical (unpaired) electrons. The fraction of sp³-hybridized carbons (Fsp3) is 0.125. The molecule has 0 aliphatic carbocycles. The summed E-state index contributed by atoms with van der Waals surface area (Å²) in [5, 5.41) is 8.51. The van der Waals surface area contributed by atoms with Crippen LogP contribution >= 0.6 is 0 Å². The first kappa shape index (κ1) is 11.6. The van der Waals surface area contributed by atoms with E-state index in [1.165, 1.54) is 0 Å². The smallest absolute Gasteiger partial charge is 0.325 e. The van der Waals surface area contributed by atoms with Crippen LogP contribution < -0.4 is 5.73 Å². The summed E-state index contributed by atoms with van der Waals surface area (Å²) < 4.78 is 0. The minimum absolute atomic E-state index is 0. The minimum atomic E-state index is -1.00. The molecular weight excluding hydrogens is 343 g/mol. The van der Waals surface area contributed by atoms with E-state index in [4.69, 9.17) is 10.8 Å². The summed E-state index contributed by atoms with van der Waals surface area (Å²) in [6, 6.07) is 7.82. The molecule has 0 aromatic heterocycles. The van der Waals surface area contributed by atoms with Gasteiger partial charge in [-0.3, -0.25) is 4.79 Å². The zero-order valence-corrected chi connectivity index (χ0v) is 12.1. The number of carboxylic acid groups (broad SMARTS) is 1. The Balaban J connectivity index is 0.00000121. The van der Waals surface area contributed by atoms with Gasteiger partial charge < -0.3 is 10.8 Å². The van der Waals surface area contributed by atoms with Gasteiger partial charge in [0.1, 0.15) is 6.04 Å². The topological polar surface area (TPSA) is 63.3 Å². The third-order valence-electron chi connectivity index (χ3n) is 1.42. The SMILES string of the molecule is NC(C(=O)O)c1ccccc1.[Hg]. The number of hydrogen-bond acceptors (Lipinski definition) is 2. The average molecular weight is 352 g/mol. The quantitative estimate of drug-likeness (QED) is 0.774. The van der Waals surface area contributed by atoms with Crippen molar-refractivity contribution in [3.8, 4) is 0 Å². The largest absolute Gasteiger partial charge is 0.480 e. The van der Waals surface area contributed by atoms with Crippen LogP contribution in [0.2, 0.25) is 0 Å². The Bertz CT molecular complexity index is 250. The number of carbonyl (C=O) groups is 1. The molecule has 0 bridgehead atoms. The first-order valence-electron chi connectivity index (χ1n) is 3.25. The number of aliphatic carboxylic acids is 1. The van der Waals surface area contributed by atoms with Crippen molar-refractivity contribution in [3.63, 3.8) is 0 Å². The van der Waals surface area contributed by atoms with Crippen LogP contribution in [0.4, 0.5) is 0 Å². The summed E-state index contributed by atoms with van der Waals surface area (Å²) in [6.07, 6.45) is 0. The molecule has 3 nitrogen and oxygen atoms in total. The van der Waals surface area contributed by atoms with Gasteiger partial charge in [-0.05, 0) is 5.56 Å². The molecule has 1 aromatic rings. The van der Waals surface area contributed by atoms with Gasteiger partial charge in [0.15, 0.2) is 0 Å². The molecule has 1 atom stereocenters. The number of carboxylic acids is 1. The van der Waals surface area contributed by atoms with E-state index in [1.54, 1.807) is 24.3 Å². The van der Waals surface area contributed by atoms with E-state index in [0.717, 1.165) is 0 Å². The molecule has 0 aliphatic rings. The molecule has 3 N–H and O–H groups in total. The summed E-state index contributed by atoms with van der Waals surface area (Å²) in [7, 11) is 0. The summed E-state index contributed by atoms with van der Waals surface area (Å²) in [5.74, 6) is -1.00. The molecule has 1 unspecified atom stereocenters. The van der Waals surface area contributed by atoms with Crippen molar-refractivity contribution in [2.75, 3.05) is 0 Å². The molecular formula is C8H9HgNO2. The molecule has 0 amide bonds. The van der Waals surface area contributed by atoms with E-state index in [-0.39, 0.29) is 27.7 Å². The van der Waals surface area contributed by atoms with Gasteiger partial charge in [-0.1, -0.05) is 30.3 Å². The van der Waals surface area contributed by atoms with E-state index in [9.17, 15) is 4.79 Å². The summed E-state index contributed by atoms with van der Waals surface area (Å²) >= 11 is 0. The first-order chi connectivity index (χ1) is 5.22. The van der Waals surface area contributed by atoms with Gasteiger partial charge >= 0.3 is 5.97 Å². The Morgan fingerprint density at radius 1 is 1.33 bits per heavy atom. The van der Waals surface area contributed by atoms with Crippen LogP contribution in [0.15, 0.2) is 30.3 Å². The first-order valence-corrected chi connectivity index (χ1v) is 3.25. The molecule has 1 aromatic carbocycles. The van der Waals surface area contributed by atoms with Crippen LogP contribution in [0.3, 0.4) is 0 Å². The Labute approximate surface area is 91.1 Å². The van der Waals surface area contributed by atoms with Gasteiger partial charge in [-0.15, -0.1) is 0 Å². The molecule has 0 heterocycles. The Morgan fingerprint density at radius 2 is 1.83 bits per heavy atom. The van der Waals surface area contributed by atoms with Gasteiger partial charge in [-0.25, -0.2) is 0 Å². The number of nitrogens with two attached hydrogens (primary N) is 1. The van der Waals surface area contributed by atoms with E-state index < -0.39 is 12.0 Å². The molecule has 12 heavy (non-hydrogen) atoms. The maximum atomic E-state index is 10.4. The second kappa shape index (κ2) is 5.27. The molecule has 0 spiro atoms. The zero-order chi connectivity index (χ0) is 8.27. The third-order valence-corrected chi connectivity index (χ3v) is 1.42. The van der Waals surface area contributed by atoms with Gasteiger partial charge in [0.25, 0.3) is 0 Å². The Morgan fingerprint density at radius 3 is 2.25 bits per heavy atom. The third kappa shape index (κ3) is 2.91. The molecule has 0 aliphatic heterocycles. The van der Waals surface area contributed by atoms with E-state index in [2.05, 4.69) is 0 Å². The molecule has 0 saturated heterocycles. The van der Waals surface area contributed by atoms with Gasteiger partial charge in [0.05, 0.1) is 0 Å². The fourth-order valence-corrected chi connectivity index (χ4v) is 0.803. The van der Waals surface area contributed by atoms with E-state index in [0.29, 0.717) is 5.56 Å². The van der Waals surface area contributed by atoms with Crippen molar-refractivity contribution < 1.29 is 37.6 Å². The number of rotatable bonds is 2. The molecule has 4 heteroatoms. The maximum Gasteiger partial charge on any atom is 0.325 e. The molecule has 1 rings (SSSR count). The van der Waals surface area contributed by atoms with Crippen LogP contribution in [-0.4, -0.2) is 11.1 Å². The fourth-order valence-electron chi connectivity index (χ4n) is 0.803. The van der Waals surface area contributed by atoms with Gasteiger partial charge in [0, 0.05) is 27.7 Å². The van der Waals surface area contributed by atoms with Crippen LogP contribution in [-0.2, 0) is 32.5 Å². The predicted octanol–water partition coefficient (Wildman–Crippen LogP) is 0.768. The zero-order valence-electron chi connectivity index (χ0n) is 6.60. The van der Waals surface area contributed by atoms with Crippen LogP contribution in [0.25, 0.3) is 0 Å². The van der Waals surface area contributed by atoms with Gasteiger partial charge in [0.2, 0.25) is 0 Å². The number of hydrogen-bond donors (Lipinski definition) is 2. The van der Waals surface area contributed by atoms with Crippen molar-refractivity contribution in [2.45, 2.75) is 6.04 Å². The Hall–Kier alpha value is -0.415. The summed E-state index contributed by atoms with van der Waals surface area (Å²) in [6.45, 7) is 0. The van der Waals surface area contributed by atoms with Crippen molar-refractivity contribution in [1.29, 1.82) is 0 Å². The monoisotopic (exact) mass is 353 g/mol. The molecule has 60 valence electrons. The van der Waals surface area contributed by atoms with Crippen molar-refractivity contribution in [2.24, 2.45) is 5.73 Å². The van der Waals surface area contributed by atoms with Crippen LogP contribution in [0.5, 0.6) is 0 Å². The maximum absolute atomic E-state index is 10.4. The predicted molar refractivity (Wildman–Crippen MR) is 41.0 cm³/mol. The normalized spacial score (nSPS) is 11.4. The number of benzene rings is 1. The Kier molecular flexibility index (Phi) is 5.09. The van der Waals surface area contributed by atoms with Crippen LogP contribution in [0, 0.1) is 0 Å². The van der Waals surface area contributed by atoms with Crippen LogP contribution in [0.1, 0.15) is 11.6 Å². The van der Waals surface area contributed by atoms with Crippen molar-refractivity contribution in [3.05, 3.63) is 35.9 Å². The molecule has 0 fully saturated rings. The van der Waals surface area contributed by atoms with Crippen molar-refractivity contribution >= 4 is 5.97 Å². The summed E-state index contributed by atoms with van der Waals surface area (Å²) in [4.78, 5) is 10.4. The second-order valence-electron chi connectivity index (χ2n) is 2.23. The van der Waals surface area contributed by atoms with Gasteiger partial charge in [-0.2, -0.15) is 0 Å². The standard InChI is InChI=1S/C8H9NO2.Hg/c9-7(8(10)11)6-4-2-1-3-5-6;/h1-5,7H,9H2,(H,10,11);. The second-order valence-corrected chi connectivity index (χ2v) is 2.23. The minimum Gasteiger partial charge on any atom is -0.480 e. The summed E-state index contributed by atoms with van der Waals surface area (Å²) in [5.41, 5.74) is 5.96. The van der Waals surface area contributed by atoms with Crippen molar-refractivity contribution in [1.82, 2.24) is 0 Å². The average Bonchev–Trinajstić information content (AvgIpc) is 2.05. The van der Waals surface area contributed by atoms with E-state index >= 15 is 0 Å². The molecule has 0 saturated carbocycles. The van der Waals surface area contributed by atoms with E-state index in [1.807, 2.05) is 6.07 Å².